The lowest BCUT2D eigenvalue weighted by Crippen LogP contribution is -2.28. The van der Waals surface area contributed by atoms with Gasteiger partial charge < -0.3 is 20.3 Å². The van der Waals surface area contributed by atoms with Gasteiger partial charge in [0, 0.05) is 61.5 Å². The van der Waals surface area contributed by atoms with Crippen LogP contribution in [-0.4, -0.2) is 70.2 Å². The van der Waals surface area contributed by atoms with E-state index in [1.165, 1.54) is 23.0 Å². The average Bonchev–Trinajstić information content (AvgIpc) is 3.67. The first kappa shape index (κ1) is 28.1. The minimum absolute atomic E-state index is 0.0150. The predicted octanol–water partition coefficient (Wildman–Crippen LogP) is 5.14. The number of pyridine rings is 2. The molecule has 4 aromatic heterocycles. The van der Waals surface area contributed by atoms with Crippen LogP contribution in [0.3, 0.4) is 0 Å². The number of rotatable bonds is 10. The Balaban J connectivity index is 1.26. The highest BCUT2D eigenvalue weighted by Gasteiger charge is 2.25. The molecule has 1 saturated heterocycles. The summed E-state index contributed by atoms with van der Waals surface area (Å²) in [5, 5.41) is 2.07. The quantitative estimate of drug-likeness (QED) is 0.249. The zero-order valence-electron chi connectivity index (χ0n) is 25.0. The third kappa shape index (κ3) is 5.67. The number of fused-ring (bicyclic) bond motifs is 2. The Morgan fingerprint density at radius 1 is 1.02 bits per heavy atom. The molecule has 0 amide bonds. The summed E-state index contributed by atoms with van der Waals surface area (Å²) in [6, 6.07) is 11.2. The first-order valence-electron chi connectivity index (χ1n) is 14.9. The molecule has 9 nitrogen and oxygen atoms in total. The van der Waals surface area contributed by atoms with E-state index in [1.807, 2.05) is 12.4 Å². The Morgan fingerprint density at radius 3 is 2.67 bits per heavy atom. The number of ether oxygens (including phenoxy) is 1. The molecule has 5 heterocycles. The number of nitrogen functional groups attached to an aromatic ring is 1. The highest BCUT2D eigenvalue weighted by molar-refractivity contribution is 5.93. The van der Waals surface area contributed by atoms with Crippen molar-refractivity contribution in [1.82, 2.24) is 29.4 Å². The Hall–Kier alpha value is -4.08. The van der Waals surface area contributed by atoms with Gasteiger partial charge in [-0.1, -0.05) is 19.1 Å². The standard InChI is InChI=1S/C33H40N8O/c1-5-24-17-29(40(4)13-12-39(2)3)26-11-10-22(16-28(26)38-24)8-9-23-15-25(19-35-18-23)41-20-27(30-7-6-14-42-30)31-32(34)36-21-37-33(31)41/h10-11,15-21,30H,5-9,12-14H2,1-4H3,(H2,34,36,37)/t30-/m1/s1. The van der Waals surface area contributed by atoms with Crippen LogP contribution in [0.25, 0.3) is 27.6 Å². The van der Waals surface area contributed by atoms with Crippen LogP contribution < -0.4 is 10.6 Å². The van der Waals surface area contributed by atoms with Gasteiger partial charge in [0.2, 0.25) is 0 Å². The molecule has 0 unspecified atom stereocenters. The number of benzene rings is 1. The van der Waals surface area contributed by atoms with Gasteiger partial charge in [-0.15, -0.1) is 0 Å². The van der Waals surface area contributed by atoms with Crippen LogP contribution in [0.1, 0.15) is 48.3 Å². The van der Waals surface area contributed by atoms with Gasteiger partial charge in [-0.3, -0.25) is 14.5 Å². The zero-order chi connectivity index (χ0) is 29.2. The van der Waals surface area contributed by atoms with Gasteiger partial charge >= 0.3 is 0 Å². The molecule has 218 valence electrons. The molecular formula is C33H40N8O. The van der Waals surface area contributed by atoms with Crippen LogP contribution in [-0.2, 0) is 24.0 Å². The maximum atomic E-state index is 6.32. The third-order valence-electron chi connectivity index (χ3n) is 8.24. The number of anilines is 2. The van der Waals surface area contributed by atoms with Gasteiger partial charge in [0.1, 0.15) is 17.8 Å². The fourth-order valence-corrected chi connectivity index (χ4v) is 5.84. The van der Waals surface area contributed by atoms with Gasteiger partial charge in [-0.25, -0.2) is 9.97 Å². The smallest absolute Gasteiger partial charge is 0.150 e. The Bertz CT molecular complexity index is 1710. The summed E-state index contributed by atoms with van der Waals surface area (Å²) < 4.78 is 8.07. The van der Waals surface area contributed by atoms with Gasteiger partial charge in [-0.05, 0) is 75.5 Å². The largest absolute Gasteiger partial charge is 0.383 e. The molecule has 0 aliphatic carbocycles. The molecule has 1 fully saturated rings. The summed E-state index contributed by atoms with van der Waals surface area (Å²) in [4.78, 5) is 23.0. The van der Waals surface area contributed by atoms with Crippen LogP contribution >= 0.6 is 0 Å². The average molecular weight is 565 g/mol. The third-order valence-corrected chi connectivity index (χ3v) is 8.24. The zero-order valence-corrected chi connectivity index (χ0v) is 25.0. The highest BCUT2D eigenvalue weighted by atomic mass is 16.5. The van der Waals surface area contributed by atoms with E-state index in [2.05, 4.69) is 93.9 Å². The number of aromatic nitrogens is 5. The van der Waals surface area contributed by atoms with Crippen molar-refractivity contribution in [2.75, 3.05) is 51.5 Å². The second-order valence-corrected chi connectivity index (χ2v) is 11.5. The lowest BCUT2D eigenvalue weighted by atomic mass is 10.0. The molecule has 6 rings (SSSR count). The maximum absolute atomic E-state index is 6.32. The molecule has 1 atom stereocenters. The minimum Gasteiger partial charge on any atom is -0.383 e. The number of likely N-dealkylation sites (N-methyl/N-ethyl adjacent to an activating group) is 2. The highest BCUT2D eigenvalue weighted by Crippen LogP contribution is 2.37. The molecule has 0 radical (unpaired) electrons. The fraction of sp³-hybridized carbons (Fsp3) is 0.394. The second-order valence-electron chi connectivity index (χ2n) is 11.5. The van der Waals surface area contributed by atoms with E-state index in [0.717, 1.165) is 90.9 Å². The van der Waals surface area contributed by atoms with Crippen LogP contribution in [0.5, 0.6) is 0 Å². The molecule has 9 heteroatoms. The van der Waals surface area contributed by atoms with Crippen molar-refractivity contribution in [2.24, 2.45) is 0 Å². The van der Waals surface area contributed by atoms with Crippen molar-refractivity contribution >= 4 is 33.4 Å². The topological polar surface area (TPSA) is 98.2 Å². The van der Waals surface area contributed by atoms with Crippen molar-refractivity contribution < 1.29 is 4.74 Å². The summed E-state index contributed by atoms with van der Waals surface area (Å²) >= 11 is 0. The molecule has 0 saturated carbocycles. The first-order chi connectivity index (χ1) is 20.4. The summed E-state index contributed by atoms with van der Waals surface area (Å²) in [6.45, 7) is 4.90. The molecule has 1 aromatic carbocycles. The van der Waals surface area contributed by atoms with Crippen LogP contribution in [0.4, 0.5) is 11.5 Å². The number of nitrogens with zero attached hydrogens (tertiary/aromatic N) is 7. The molecule has 1 aliphatic heterocycles. The summed E-state index contributed by atoms with van der Waals surface area (Å²) in [5.74, 6) is 0.483. The SMILES string of the molecule is CCc1cc(N(C)CCN(C)C)c2ccc(CCc3cncc(-n4cc([C@H]5CCCO5)c5c(N)ncnc54)c3)cc2n1. The number of hydrogen-bond donors (Lipinski definition) is 1. The number of aryl methyl sites for hydroxylation is 3. The molecule has 42 heavy (non-hydrogen) atoms. The van der Waals surface area contributed by atoms with Gasteiger partial charge in [0.05, 0.1) is 28.9 Å². The van der Waals surface area contributed by atoms with E-state index in [0.29, 0.717) is 5.82 Å². The molecular weight excluding hydrogens is 524 g/mol. The summed E-state index contributed by atoms with van der Waals surface area (Å²) in [6.07, 6.45) is 12.1. The fourth-order valence-electron chi connectivity index (χ4n) is 5.84. The summed E-state index contributed by atoms with van der Waals surface area (Å²) in [7, 11) is 6.39. The van der Waals surface area contributed by atoms with Crippen LogP contribution in [0.15, 0.2) is 55.2 Å². The predicted molar refractivity (Wildman–Crippen MR) is 169 cm³/mol. The van der Waals surface area contributed by atoms with E-state index in [9.17, 15) is 0 Å². The lowest BCUT2D eigenvalue weighted by Gasteiger charge is -2.24. The molecule has 5 aromatic rings. The maximum Gasteiger partial charge on any atom is 0.150 e. The number of hydrogen-bond acceptors (Lipinski definition) is 8. The second kappa shape index (κ2) is 12.0. The van der Waals surface area contributed by atoms with Crippen LogP contribution in [0.2, 0.25) is 0 Å². The minimum atomic E-state index is 0.0150. The Labute approximate surface area is 247 Å². The monoisotopic (exact) mass is 564 g/mol. The Kier molecular flexibility index (Phi) is 8.04. The molecule has 0 spiro atoms. The van der Waals surface area contributed by atoms with Crippen molar-refractivity contribution in [1.29, 1.82) is 0 Å². The normalized spacial score (nSPS) is 15.3. The lowest BCUT2D eigenvalue weighted by molar-refractivity contribution is 0.113. The van der Waals surface area contributed by atoms with E-state index >= 15 is 0 Å². The van der Waals surface area contributed by atoms with Gasteiger partial charge in [0.25, 0.3) is 0 Å². The summed E-state index contributed by atoms with van der Waals surface area (Å²) in [5.41, 5.74) is 15.0. The van der Waals surface area contributed by atoms with E-state index in [-0.39, 0.29) is 6.10 Å². The van der Waals surface area contributed by atoms with E-state index < -0.39 is 0 Å². The van der Waals surface area contributed by atoms with Crippen molar-refractivity contribution in [3.8, 4) is 5.69 Å². The first-order valence-corrected chi connectivity index (χ1v) is 14.9. The number of nitrogens with two attached hydrogens (primary N) is 1. The van der Waals surface area contributed by atoms with Crippen LogP contribution in [0, 0.1) is 0 Å². The molecule has 0 bridgehead atoms. The Morgan fingerprint density at radius 2 is 1.88 bits per heavy atom. The van der Waals surface area contributed by atoms with E-state index in [4.69, 9.17) is 15.5 Å². The van der Waals surface area contributed by atoms with E-state index in [1.54, 1.807) is 0 Å². The van der Waals surface area contributed by atoms with Crippen molar-refractivity contribution in [2.45, 2.75) is 45.1 Å². The van der Waals surface area contributed by atoms with Gasteiger partial charge in [0.15, 0.2) is 0 Å². The molecule has 2 N–H and O–H groups in total. The van der Waals surface area contributed by atoms with Crippen molar-refractivity contribution in [3.05, 3.63) is 77.6 Å². The molecule has 1 aliphatic rings. The van der Waals surface area contributed by atoms with Gasteiger partial charge in [-0.2, -0.15) is 0 Å². The van der Waals surface area contributed by atoms with Crippen molar-refractivity contribution in [3.63, 3.8) is 0 Å².